The van der Waals surface area contributed by atoms with E-state index in [-0.39, 0.29) is 35.7 Å². The second kappa shape index (κ2) is 8.91. The Hall–Kier alpha value is -2.91. The van der Waals surface area contributed by atoms with Crippen molar-refractivity contribution in [3.8, 4) is 5.75 Å². The number of hydrogen-bond donors (Lipinski definition) is 1. The van der Waals surface area contributed by atoms with Crippen molar-refractivity contribution in [3.05, 3.63) is 47.2 Å². The molecule has 32 heavy (non-hydrogen) atoms. The molecule has 1 N–H and O–H groups in total. The molecule has 0 radical (unpaired) electrons. The van der Waals surface area contributed by atoms with Crippen molar-refractivity contribution in [3.63, 3.8) is 0 Å². The van der Waals surface area contributed by atoms with Crippen molar-refractivity contribution in [2.45, 2.75) is 52.9 Å². The predicted octanol–water partition coefficient (Wildman–Crippen LogP) is 5.59. The lowest BCUT2D eigenvalue weighted by Crippen LogP contribution is -2.30. The van der Waals surface area contributed by atoms with Crippen molar-refractivity contribution in [1.82, 2.24) is 4.98 Å². The molecule has 1 aliphatic rings. The number of anilines is 2. The zero-order valence-corrected chi connectivity index (χ0v) is 17.9. The first-order chi connectivity index (χ1) is 14.8. The van der Waals surface area contributed by atoms with Crippen molar-refractivity contribution < 1.29 is 31.5 Å². The minimum Gasteiger partial charge on any atom is -0.406 e. The summed E-state index contributed by atoms with van der Waals surface area (Å²) in [6.07, 6.45) is -3.50. The number of carbonyl (C=O) groups is 1. The van der Waals surface area contributed by atoms with Gasteiger partial charge in [0.1, 0.15) is 11.6 Å². The maximum atomic E-state index is 14.7. The fraction of sp³-hybridized carbons (Fsp3) is 0.455. The second-order valence-electron chi connectivity index (χ2n) is 8.90. The van der Waals surface area contributed by atoms with Gasteiger partial charge in [-0.1, -0.05) is 26.8 Å². The molecule has 5 nitrogen and oxygen atoms in total. The molecule has 0 spiro atoms. The molecule has 3 rings (SSSR count). The Morgan fingerprint density at radius 1 is 1.16 bits per heavy atom. The fourth-order valence-corrected chi connectivity index (χ4v) is 3.50. The van der Waals surface area contributed by atoms with Crippen LogP contribution < -0.4 is 15.0 Å². The number of nitrogens with one attached hydrogen (secondary N) is 1. The number of nitrogens with zero attached hydrogens (tertiary/aromatic N) is 2. The number of amides is 1. The van der Waals surface area contributed by atoms with Gasteiger partial charge >= 0.3 is 6.36 Å². The Labute approximate surface area is 182 Å². The molecule has 0 fully saturated rings. The van der Waals surface area contributed by atoms with E-state index in [1.807, 2.05) is 20.8 Å². The number of rotatable bonds is 5. The van der Waals surface area contributed by atoms with Crippen LogP contribution in [0, 0.1) is 17.0 Å². The van der Waals surface area contributed by atoms with Crippen LogP contribution in [0.2, 0.25) is 0 Å². The molecular formula is C22H24F5N3O2. The summed E-state index contributed by atoms with van der Waals surface area (Å²) >= 11 is 0. The van der Waals surface area contributed by atoms with Gasteiger partial charge in [-0.3, -0.25) is 4.79 Å². The Morgan fingerprint density at radius 2 is 1.88 bits per heavy atom. The Bertz CT molecular complexity index is 1000. The van der Waals surface area contributed by atoms with Crippen LogP contribution in [0.1, 0.15) is 44.9 Å². The van der Waals surface area contributed by atoms with Crippen LogP contribution in [-0.4, -0.2) is 23.8 Å². The number of aryl methyl sites for hydroxylation is 1. The number of aromatic nitrogens is 1. The van der Waals surface area contributed by atoms with E-state index < -0.39 is 23.7 Å². The van der Waals surface area contributed by atoms with Gasteiger partial charge in [-0.25, -0.2) is 13.8 Å². The molecule has 0 aliphatic carbocycles. The zero-order chi connectivity index (χ0) is 23.7. The summed E-state index contributed by atoms with van der Waals surface area (Å²) in [6, 6.07) is 4.15. The summed E-state index contributed by atoms with van der Waals surface area (Å²) in [5, 5.41) is 2.51. The average molecular weight is 457 g/mol. The zero-order valence-electron chi connectivity index (χ0n) is 17.9. The normalized spacial score (nSPS) is 14.2. The topological polar surface area (TPSA) is 54.5 Å². The summed E-state index contributed by atoms with van der Waals surface area (Å²) in [5.41, 5.74) is 0.880. The molecule has 0 saturated heterocycles. The molecular weight excluding hydrogens is 433 g/mol. The highest BCUT2D eigenvalue weighted by atomic mass is 19.4. The van der Waals surface area contributed by atoms with Crippen LogP contribution in [-0.2, 0) is 17.8 Å². The predicted molar refractivity (Wildman–Crippen MR) is 109 cm³/mol. The lowest BCUT2D eigenvalue weighted by Gasteiger charge is -2.31. The van der Waals surface area contributed by atoms with Gasteiger partial charge in [-0.2, -0.15) is 0 Å². The molecule has 10 heteroatoms. The van der Waals surface area contributed by atoms with E-state index in [1.165, 1.54) is 12.1 Å². The number of halogens is 5. The summed E-state index contributed by atoms with van der Waals surface area (Å²) in [4.78, 5) is 18.1. The van der Waals surface area contributed by atoms with Crippen LogP contribution in [0.5, 0.6) is 5.75 Å². The Kier molecular flexibility index (Phi) is 6.61. The molecule has 174 valence electrons. The minimum atomic E-state index is -4.91. The third kappa shape index (κ3) is 6.30. The molecule has 1 aromatic heterocycles. The van der Waals surface area contributed by atoms with Gasteiger partial charge < -0.3 is 15.0 Å². The van der Waals surface area contributed by atoms with Crippen molar-refractivity contribution in [2.24, 2.45) is 5.41 Å². The van der Waals surface area contributed by atoms with Crippen LogP contribution in [0.3, 0.4) is 0 Å². The first-order valence-electron chi connectivity index (χ1n) is 10.1. The standard InChI is InChI=1S/C22H24F5N3O2/c1-21(2,3)11-19(31)29-20-16(24)10-18-17(28-20)5-4-8-30(18)12-13-6-7-14(9-15(13)23)32-22(25,26)27/h6-7,9-10H,4-5,8,11-12H2,1-3H3,(H,28,29,31). The van der Waals surface area contributed by atoms with Gasteiger partial charge in [-0.05, 0) is 24.3 Å². The van der Waals surface area contributed by atoms with E-state index in [0.717, 1.165) is 6.07 Å². The highest BCUT2D eigenvalue weighted by molar-refractivity contribution is 5.90. The number of fused-ring (bicyclic) bond motifs is 1. The van der Waals surface area contributed by atoms with Crippen LogP contribution in [0.4, 0.5) is 33.5 Å². The van der Waals surface area contributed by atoms with Gasteiger partial charge in [0, 0.05) is 37.2 Å². The Morgan fingerprint density at radius 3 is 2.50 bits per heavy atom. The van der Waals surface area contributed by atoms with Gasteiger partial charge in [0.15, 0.2) is 11.6 Å². The SMILES string of the molecule is CC(C)(C)CC(=O)Nc1nc2c(cc1F)N(Cc1ccc(OC(F)(F)F)cc1F)CCC2. The smallest absolute Gasteiger partial charge is 0.406 e. The van der Waals surface area contributed by atoms with E-state index in [4.69, 9.17) is 0 Å². The van der Waals surface area contributed by atoms with Crippen LogP contribution >= 0.6 is 0 Å². The molecule has 1 aromatic carbocycles. The summed E-state index contributed by atoms with van der Waals surface area (Å²) in [5.74, 6) is -2.73. The highest BCUT2D eigenvalue weighted by Crippen LogP contribution is 2.32. The number of benzene rings is 1. The molecule has 0 saturated carbocycles. The molecule has 2 aromatic rings. The molecule has 0 unspecified atom stereocenters. The first kappa shape index (κ1) is 23.7. The maximum Gasteiger partial charge on any atom is 0.573 e. The summed E-state index contributed by atoms with van der Waals surface area (Å²) in [6.45, 7) is 6.18. The molecule has 0 bridgehead atoms. The lowest BCUT2D eigenvalue weighted by atomic mass is 9.92. The number of ether oxygens (including phenoxy) is 1. The lowest BCUT2D eigenvalue weighted by molar-refractivity contribution is -0.274. The summed E-state index contributed by atoms with van der Waals surface area (Å²) in [7, 11) is 0. The number of pyridine rings is 1. The van der Waals surface area contributed by atoms with Gasteiger partial charge in [0.25, 0.3) is 0 Å². The third-order valence-corrected chi connectivity index (χ3v) is 4.78. The molecule has 0 atom stereocenters. The van der Waals surface area contributed by atoms with E-state index in [1.54, 1.807) is 4.90 Å². The van der Waals surface area contributed by atoms with E-state index in [9.17, 15) is 26.7 Å². The fourth-order valence-electron chi connectivity index (χ4n) is 3.50. The minimum absolute atomic E-state index is 0.0159. The molecule has 1 aliphatic heterocycles. The largest absolute Gasteiger partial charge is 0.573 e. The van der Waals surface area contributed by atoms with Gasteiger partial charge in [-0.15, -0.1) is 13.2 Å². The average Bonchev–Trinajstić information content (AvgIpc) is 2.62. The van der Waals surface area contributed by atoms with Gasteiger partial charge in [0.2, 0.25) is 5.91 Å². The van der Waals surface area contributed by atoms with Crippen LogP contribution in [0.25, 0.3) is 0 Å². The molecule has 2 heterocycles. The maximum absolute atomic E-state index is 14.7. The second-order valence-corrected chi connectivity index (χ2v) is 8.90. The summed E-state index contributed by atoms with van der Waals surface area (Å²) < 4.78 is 69.7. The third-order valence-electron chi connectivity index (χ3n) is 4.78. The van der Waals surface area contributed by atoms with Crippen LogP contribution in [0.15, 0.2) is 24.3 Å². The Balaban J connectivity index is 1.78. The van der Waals surface area contributed by atoms with E-state index in [2.05, 4.69) is 15.0 Å². The van der Waals surface area contributed by atoms with E-state index in [0.29, 0.717) is 36.8 Å². The first-order valence-corrected chi connectivity index (χ1v) is 10.1. The monoisotopic (exact) mass is 457 g/mol. The van der Waals surface area contributed by atoms with Gasteiger partial charge in [0.05, 0.1) is 11.4 Å². The van der Waals surface area contributed by atoms with E-state index >= 15 is 0 Å². The van der Waals surface area contributed by atoms with Crippen molar-refractivity contribution >= 4 is 17.4 Å². The molecule has 1 amide bonds. The van der Waals surface area contributed by atoms with Crippen molar-refractivity contribution in [2.75, 3.05) is 16.8 Å². The number of carbonyl (C=O) groups excluding carboxylic acids is 1. The quantitative estimate of drug-likeness (QED) is 0.595. The number of hydrogen-bond acceptors (Lipinski definition) is 4. The number of alkyl halides is 3. The highest BCUT2D eigenvalue weighted by Gasteiger charge is 2.31. The van der Waals surface area contributed by atoms with Crippen molar-refractivity contribution in [1.29, 1.82) is 0 Å².